The Labute approximate surface area is 198 Å². The fraction of sp³-hybridized carbons (Fsp3) is 0.958. The van der Waals surface area contributed by atoms with Crippen LogP contribution in [0.15, 0.2) is 0 Å². The Morgan fingerprint density at radius 2 is 1.18 bits per heavy atom. The van der Waals surface area contributed by atoms with Crippen LogP contribution in [0.4, 0.5) is 0 Å². The summed E-state index contributed by atoms with van der Waals surface area (Å²) < 4.78 is 0. The standard InChI is InChI=1S/C24H49NO2.Na/c1-4-7-9-11-13-17-21-25(22-18-14-12-10-8-5-2)23(6-3)19-15-16-20-24(26)27;/h23H,4-22H2,1-3H3,(H,26,27);/q;+1/p-1. The first-order valence-electron chi connectivity index (χ1n) is 12.1. The number of nitrogens with zero attached hydrogens (tertiary/aromatic N) is 1. The zero-order valence-corrected chi connectivity index (χ0v) is 21.8. The summed E-state index contributed by atoms with van der Waals surface area (Å²) in [6.45, 7) is 9.28. The summed E-state index contributed by atoms with van der Waals surface area (Å²) in [4.78, 5) is 13.3. The molecule has 0 N–H and O–H groups in total. The molecule has 4 heteroatoms. The molecular weight excluding hydrogens is 357 g/mol. The van der Waals surface area contributed by atoms with Crippen molar-refractivity contribution in [3.8, 4) is 0 Å². The largest absolute Gasteiger partial charge is 1.00 e. The minimum Gasteiger partial charge on any atom is -0.550 e. The Bertz CT molecular complexity index is 310. The van der Waals surface area contributed by atoms with Crippen LogP contribution in [0.25, 0.3) is 0 Å². The summed E-state index contributed by atoms with van der Waals surface area (Å²) in [6, 6.07) is 0.623. The molecule has 0 rings (SSSR count). The monoisotopic (exact) mass is 405 g/mol. The van der Waals surface area contributed by atoms with Gasteiger partial charge in [0, 0.05) is 12.0 Å². The summed E-state index contributed by atoms with van der Waals surface area (Å²) >= 11 is 0. The number of carboxylic acids is 1. The van der Waals surface area contributed by atoms with E-state index in [1.807, 2.05) is 0 Å². The summed E-state index contributed by atoms with van der Waals surface area (Å²) in [6.07, 6.45) is 20.5. The topological polar surface area (TPSA) is 43.4 Å². The second-order valence-electron chi connectivity index (χ2n) is 8.25. The molecule has 0 fully saturated rings. The fourth-order valence-corrected chi connectivity index (χ4v) is 3.96. The average Bonchev–Trinajstić information content (AvgIpc) is 2.66. The number of rotatable bonds is 21. The fourth-order valence-electron chi connectivity index (χ4n) is 3.96. The molecule has 0 spiro atoms. The first kappa shape index (κ1) is 30.6. The van der Waals surface area contributed by atoms with Gasteiger partial charge in [0.15, 0.2) is 0 Å². The van der Waals surface area contributed by atoms with Crippen LogP contribution in [0.3, 0.4) is 0 Å². The molecule has 0 aliphatic rings. The molecule has 0 radical (unpaired) electrons. The Hall–Kier alpha value is 0.430. The third-order valence-corrected chi connectivity index (χ3v) is 5.75. The Kier molecular flexibility index (Phi) is 25.9. The van der Waals surface area contributed by atoms with E-state index in [1.165, 1.54) is 96.6 Å². The van der Waals surface area contributed by atoms with E-state index >= 15 is 0 Å². The molecule has 28 heavy (non-hydrogen) atoms. The number of carboxylic acid groups (broad SMARTS) is 1. The zero-order valence-electron chi connectivity index (χ0n) is 19.8. The van der Waals surface area contributed by atoms with E-state index in [0.29, 0.717) is 6.04 Å². The third-order valence-electron chi connectivity index (χ3n) is 5.75. The molecule has 0 saturated carbocycles. The van der Waals surface area contributed by atoms with Crippen molar-refractivity contribution < 1.29 is 39.5 Å². The molecular formula is C24H48NNaO2. The van der Waals surface area contributed by atoms with Crippen molar-refractivity contribution in [3.05, 3.63) is 0 Å². The molecule has 0 saturated heterocycles. The van der Waals surface area contributed by atoms with Crippen LogP contribution in [0.1, 0.15) is 130 Å². The SMILES string of the molecule is CCCCCCCCN(CCCCCCCC)C(CC)CCCCC(=O)[O-].[Na+]. The molecule has 3 nitrogen and oxygen atoms in total. The van der Waals surface area contributed by atoms with Crippen molar-refractivity contribution in [1.29, 1.82) is 0 Å². The maximum absolute atomic E-state index is 10.6. The Balaban J connectivity index is 0. The van der Waals surface area contributed by atoms with E-state index in [1.54, 1.807) is 0 Å². The molecule has 0 heterocycles. The van der Waals surface area contributed by atoms with Crippen molar-refractivity contribution in [2.24, 2.45) is 0 Å². The van der Waals surface area contributed by atoms with Gasteiger partial charge in [-0.15, -0.1) is 0 Å². The number of hydrogen-bond acceptors (Lipinski definition) is 3. The van der Waals surface area contributed by atoms with Gasteiger partial charge in [-0.05, 0) is 51.6 Å². The Morgan fingerprint density at radius 3 is 1.61 bits per heavy atom. The number of hydrogen-bond donors (Lipinski definition) is 0. The van der Waals surface area contributed by atoms with Gasteiger partial charge in [0.25, 0.3) is 0 Å². The van der Waals surface area contributed by atoms with Gasteiger partial charge in [0.1, 0.15) is 0 Å². The van der Waals surface area contributed by atoms with Crippen LogP contribution in [-0.4, -0.2) is 30.0 Å². The normalized spacial score (nSPS) is 12.1. The summed E-state index contributed by atoms with van der Waals surface area (Å²) in [5.74, 6) is -0.904. The molecule has 162 valence electrons. The van der Waals surface area contributed by atoms with Crippen molar-refractivity contribution >= 4 is 5.97 Å². The number of unbranched alkanes of at least 4 members (excludes halogenated alkanes) is 11. The summed E-state index contributed by atoms with van der Waals surface area (Å²) in [5.41, 5.74) is 0. The molecule has 1 atom stereocenters. The van der Waals surface area contributed by atoms with Gasteiger partial charge in [-0.1, -0.05) is 91.4 Å². The quantitative estimate of drug-likeness (QED) is 0.218. The number of carbonyl (C=O) groups is 1. The van der Waals surface area contributed by atoms with E-state index in [9.17, 15) is 9.90 Å². The van der Waals surface area contributed by atoms with E-state index in [0.717, 1.165) is 19.3 Å². The van der Waals surface area contributed by atoms with E-state index in [-0.39, 0.29) is 36.0 Å². The van der Waals surface area contributed by atoms with Crippen molar-refractivity contribution in [1.82, 2.24) is 4.90 Å². The molecule has 1 unspecified atom stereocenters. The molecule has 0 bridgehead atoms. The van der Waals surface area contributed by atoms with Crippen LogP contribution >= 0.6 is 0 Å². The van der Waals surface area contributed by atoms with E-state index < -0.39 is 5.97 Å². The van der Waals surface area contributed by atoms with Crippen LogP contribution in [-0.2, 0) is 4.79 Å². The van der Waals surface area contributed by atoms with Gasteiger partial charge >= 0.3 is 29.6 Å². The van der Waals surface area contributed by atoms with Crippen LogP contribution in [0.2, 0.25) is 0 Å². The van der Waals surface area contributed by atoms with Gasteiger partial charge in [0.2, 0.25) is 0 Å². The Morgan fingerprint density at radius 1 is 0.714 bits per heavy atom. The molecule has 0 aromatic carbocycles. The predicted octanol–water partition coefficient (Wildman–Crippen LogP) is 3.10. The molecule has 0 aromatic rings. The maximum Gasteiger partial charge on any atom is 1.00 e. The van der Waals surface area contributed by atoms with E-state index in [4.69, 9.17) is 0 Å². The van der Waals surface area contributed by atoms with Gasteiger partial charge in [-0.2, -0.15) is 0 Å². The molecule has 0 amide bonds. The van der Waals surface area contributed by atoms with E-state index in [2.05, 4.69) is 25.7 Å². The van der Waals surface area contributed by atoms with Crippen LogP contribution in [0, 0.1) is 0 Å². The summed E-state index contributed by atoms with van der Waals surface area (Å²) in [5, 5.41) is 10.6. The molecule has 0 aliphatic carbocycles. The van der Waals surface area contributed by atoms with Gasteiger partial charge in [-0.3, -0.25) is 0 Å². The minimum atomic E-state index is -0.904. The zero-order chi connectivity index (χ0) is 20.2. The maximum atomic E-state index is 10.6. The molecule has 0 aliphatic heterocycles. The van der Waals surface area contributed by atoms with Crippen molar-refractivity contribution in [2.75, 3.05) is 13.1 Å². The van der Waals surface area contributed by atoms with Gasteiger partial charge in [-0.25, -0.2) is 0 Å². The van der Waals surface area contributed by atoms with Crippen molar-refractivity contribution in [2.45, 2.75) is 136 Å². The minimum absolute atomic E-state index is 0. The third kappa shape index (κ3) is 19.7. The second-order valence-corrected chi connectivity index (χ2v) is 8.25. The van der Waals surface area contributed by atoms with Crippen molar-refractivity contribution in [3.63, 3.8) is 0 Å². The van der Waals surface area contributed by atoms with Crippen LogP contribution in [0.5, 0.6) is 0 Å². The second kappa shape index (κ2) is 23.7. The predicted molar refractivity (Wildman–Crippen MR) is 116 cm³/mol. The summed E-state index contributed by atoms with van der Waals surface area (Å²) in [7, 11) is 0. The molecule has 0 aromatic heterocycles. The van der Waals surface area contributed by atoms with Crippen LogP contribution < -0.4 is 34.7 Å². The number of aliphatic carboxylic acids is 1. The first-order valence-corrected chi connectivity index (χ1v) is 12.1. The first-order chi connectivity index (χ1) is 13.2. The van der Waals surface area contributed by atoms with Gasteiger partial charge in [0.05, 0.1) is 0 Å². The van der Waals surface area contributed by atoms with Gasteiger partial charge < -0.3 is 14.8 Å². The smallest absolute Gasteiger partial charge is 0.550 e. The average molecular weight is 406 g/mol. The number of carbonyl (C=O) groups excluding carboxylic acids is 1.